The lowest BCUT2D eigenvalue weighted by Crippen LogP contribution is -2.53. The van der Waals surface area contributed by atoms with Crippen LogP contribution in [0.5, 0.6) is 0 Å². The summed E-state index contributed by atoms with van der Waals surface area (Å²) in [5.41, 5.74) is -0.640. The van der Waals surface area contributed by atoms with Gasteiger partial charge in [0.15, 0.2) is 0 Å². The van der Waals surface area contributed by atoms with Gasteiger partial charge in [-0.25, -0.2) is 4.79 Å². The predicted molar refractivity (Wildman–Crippen MR) is 57.6 cm³/mol. The molecule has 7 nitrogen and oxygen atoms in total. The number of hydrogen-bond donors (Lipinski definition) is 0. The van der Waals surface area contributed by atoms with Gasteiger partial charge in [-0.15, -0.1) is 0 Å². The minimum absolute atomic E-state index is 0.0160. The lowest BCUT2D eigenvalue weighted by Gasteiger charge is -2.32. The van der Waals surface area contributed by atoms with E-state index >= 15 is 0 Å². The van der Waals surface area contributed by atoms with Gasteiger partial charge in [-0.2, -0.15) is 4.79 Å². The van der Waals surface area contributed by atoms with E-state index in [1.54, 1.807) is 20.8 Å². The minimum Gasteiger partial charge on any atom is -0.444 e. The van der Waals surface area contributed by atoms with Crippen LogP contribution >= 0.6 is 0 Å². The average Bonchev–Trinajstić information content (AvgIpc) is 2.25. The van der Waals surface area contributed by atoms with E-state index in [4.69, 9.17) is 14.9 Å². The molecule has 2 amide bonds. The van der Waals surface area contributed by atoms with Crippen molar-refractivity contribution in [3.05, 3.63) is 4.98 Å². The number of rotatable bonds is 1. The molecule has 1 fully saturated rings. The number of carbonyl (C=O) groups excluding carboxylic acids is 2. The quantitative estimate of drug-likeness (QED) is 0.640. The van der Waals surface area contributed by atoms with E-state index in [0.29, 0.717) is 6.61 Å². The first-order chi connectivity index (χ1) is 7.85. The molecule has 0 bridgehead atoms. The SMILES string of the molecule is CC(C)(C)OC(=O)N1CCOCC1C(=O)[N+]#N. The zero-order valence-electron chi connectivity index (χ0n) is 10.2. The largest absolute Gasteiger partial charge is 0.585 e. The first-order valence-electron chi connectivity index (χ1n) is 5.31. The van der Waals surface area contributed by atoms with Gasteiger partial charge in [-0.1, -0.05) is 0 Å². The summed E-state index contributed by atoms with van der Waals surface area (Å²) in [6, 6.07) is -0.913. The highest BCUT2D eigenvalue weighted by atomic mass is 16.6. The van der Waals surface area contributed by atoms with E-state index in [-0.39, 0.29) is 13.2 Å². The van der Waals surface area contributed by atoms with Gasteiger partial charge in [0.2, 0.25) is 16.4 Å². The Labute approximate surface area is 99.3 Å². The Morgan fingerprint density at radius 2 is 2.12 bits per heavy atom. The van der Waals surface area contributed by atoms with Gasteiger partial charge in [-0.3, -0.25) is 4.90 Å². The summed E-state index contributed by atoms with van der Waals surface area (Å²) >= 11 is 0. The van der Waals surface area contributed by atoms with E-state index in [1.165, 1.54) is 4.90 Å². The Morgan fingerprint density at radius 3 is 2.65 bits per heavy atom. The van der Waals surface area contributed by atoms with Gasteiger partial charge in [0.25, 0.3) is 0 Å². The lowest BCUT2D eigenvalue weighted by molar-refractivity contribution is -0.125. The maximum Gasteiger partial charge on any atom is 0.585 e. The molecule has 1 aliphatic heterocycles. The maximum absolute atomic E-state index is 11.8. The summed E-state index contributed by atoms with van der Waals surface area (Å²) in [7, 11) is 0. The normalized spacial score (nSPS) is 20.6. The van der Waals surface area contributed by atoms with Crippen molar-refractivity contribution in [1.82, 2.24) is 4.90 Å². The second kappa shape index (κ2) is 5.10. The molecule has 1 heterocycles. The van der Waals surface area contributed by atoms with Crippen LogP contribution in [0.25, 0.3) is 4.98 Å². The van der Waals surface area contributed by atoms with Crippen LogP contribution in [0.2, 0.25) is 0 Å². The molecule has 1 aliphatic rings. The van der Waals surface area contributed by atoms with E-state index in [0.717, 1.165) is 0 Å². The molecule has 17 heavy (non-hydrogen) atoms. The van der Waals surface area contributed by atoms with E-state index in [1.807, 2.05) is 0 Å². The molecule has 0 radical (unpaired) electrons. The van der Waals surface area contributed by atoms with Crippen LogP contribution in [0.15, 0.2) is 0 Å². The highest BCUT2D eigenvalue weighted by molar-refractivity contribution is 5.92. The number of hydrogen-bond acceptors (Lipinski definition) is 5. The Kier molecular flexibility index (Phi) is 4.02. The van der Waals surface area contributed by atoms with E-state index in [2.05, 4.69) is 4.98 Å². The second-order valence-electron chi connectivity index (χ2n) is 4.70. The van der Waals surface area contributed by atoms with Crippen molar-refractivity contribution in [2.75, 3.05) is 19.8 Å². The predicted octanol–water partition coefficient (Wildman–Crippen LogP) is 1.00. The number of diazo groups is 1. The summed E-state index contributed by atoms with van der Waals surface area (Å²) in [6.07, 6.45) is -0.609. The van der Waals surface area contributed by atoms with Crippen molar-refractivity contribution in [2.45, 2.75) is 32.4 Å². The monoisotopic (exact) mass is 242 g/mol. The molecule has 1 saturated heterocycles. The molecule has 0 aromatic heterocycles. The smallest absolute Gasteiger partial charge is 0.444 e. The molecule has 0 aromatic carbocycles. The van der Waals surface area contributed by atoms with Gasteiger partial charge in [0.05, 0.1) is 13.2 Å². The van der Waals surface area contributed by atoms with Crippen LogP contribution in [0.3, 0.4) is 0 Å². The third kappa shape index (κ3) is 3.67. The fourth-order valence-electron chi connectivity index (χ4n) is 1.41. The van der Waals surface area contributed by atoms with Crippen LogP contribution in [0, 0.1) is 5.39 Å². The molecule has 1 rings (SSSR count). The lowest BCUT2D eigenvalue weighted by atomic mass is 10.2. The van der Waals surface area contributed by atoms with Crippen LogP contribution < -0.4 is 0 Å². The summed E-state index contributed by atoms with van der Waals surface area (Å²) in [6.45, 7) is 5.78. The first-order valence-corrected chi connectivity index (χ1v) is 5.31. The average molecular weight is 242 g/mol. The van der Waals surface area contributed by atoms with Gasteiger partial charge in [-0.05, 0) is 20.8 Å². The summed E-state index contributed by atoms with van der Waals surface area (Å²) in [4.78, 5) is 26.9. The van der Waals surface area contributed by atoms with Crippen molar-refractivity contribution in [1.29, 1.82) is 5.39 Å². The maximum atomic E-state index is 11.8. The fourth-order valence-corrected chi connectivity index (χ4v) is 1.41. The number of carbonyl (C=O) groups is 2. The molecular formula is C10H16N3O4+. The zero-order chi connectivity index (χ0) is 13.1. The molecule has 0 saturated carbocycles. The van der Waals surface area contributed by atoms with Crippen LogP contribution in [0.1, 0.15) is 20.8 Å². The van der Waals surface area contributed by atoms with Crippen molar-refractivity contribution < 1.29 is 19.1 Å². The topological polar surface area (TPSA) is 84.0 Å². The number of morpholine rings is 1. The van der Waals surface area contributed by atoms with Crippen LogP contribution in [-0.4, -0.2) is 48.3 Å². The zero-order valence-corrected chi connectivity index (χ0v) is 10.2. The van der Waals surface area contributed by atoms with Gasteiger partial charge in [0.1, 0.15) is 5.60 Å². The van der Waals surface area contributed by atoms with Crippen molar-refractivity contribution in [3.8, 4) is 0 Å². The standard InChI is InChI=1S/C10H16N3O4/c1-10(2,3)17-9(15)13-4-5-16-6-7(13)8(14)12-11/h7H,4-6H2,1-3H3/q+1. The van der Waals surface area contributed by atoms with Crippen molar-refractivity contribution in [2.24, 2.45) is 0 Å². The molecule has 1 atom stereocenters. The number of amides is 2. The third-order valence-electron chi connectivity index (χ3n) is 2.14. The number of ether oxygens (including phenoxy) is 2. The second-order valence-corrected chi connectivity index (χ2v) is 4.70. The molecule has 1 unspecified atom stereocenters. The van der Waals surface area contributed by atoms with Gasteiger partial charge in [0, 0.05) is 6.54 Å². The molecule has 0 spiro atoms. The molecule has 0 N–H and O–H groups in total. The summed E-state index contributed by atoms with van der Waals surface area (Å²) in [5, 5.41) is 8.46. The van der Waals surface area contributed by atoms with Gasteiger partial charge < -0.3 is 9.47 Å². The fraction of sp³-hybridized carbons (Fsp3) is 0.800. The third-order valence-corrected chi connectivity index (χ3v) is 2.14. The Morgan fingerprint density at radius 1 is 1.47 bits per heavy atom. The molecule has 94 valence electrons. The Bertz CT molecular complexity index is 356. The molecular weight excluding hydrogens is 226 g/mol. The van der Waals surface area contributed by atoms with Crippen LogP contribution in [-0.2, 0) is 14.3 Å². The van der Waals surface area contributed by atoms with E-state index in [9.17, 15) is 9.59 Å². The van der Waals surface area contributed by atoms with Crippen LogP contribution in [0.4, 0.5) is 4.79 Å². The molecule has 0 aliphatic carbocycles. The molecule has 0 aromatic rings. The Hall–Kier alpha value is -1.68. The minimum atomic E-state index is -0.913. The van der Waals surface area contributed by atoms with E-state index < -0.39 is 23.6 Å². The van der Waals surface area contributed by atoms with Gasteiger partial charge >= 0.3 is 12.0 Å². The van der Waals surface area contributed by atoms with Crippen molar-refractivity contribution >= 4 is 12.0 Å². The summed E-state index contributed by atoms with van der Waals surface area (Å²) in [5.74, 6) is -0.810. The molecule has 7 heteroatoms. The summed E-state index contributed by atoms with van der Waals surface area (Å²) < 4.78 is 10.2. The number of nitrogens with zero attached hydrogens (tertiary/aromatic N) is 3. The van der Waals surface area contributed by atoms with Crippen molar-refractivity contribution in [3.63, 3.8) is 0 Å². The highest BCUT2D eigenvalue weighted by Crippen LogP contribution is 2.15. The first kappa shape index (κ1) is 13.4. The Balaban J connectivity index is 2.75. The highest BCUT2D eigenvalue weighted by Gasteiger charge is 2.42.